The van der Waals surface area contributed by atoms with E-state index in [1.165, 1.54) is 12.1 Å². The SMILES string of the molecule is O=C(CCc1nc(-c2ccccc2)cs1)NCCc1ccc([N+](=O)[O-])cc1. The lowest BCUT2D eigenvalue weighted by Crippen LogP contribution is -2.25. The predicted molar refractivity (Wildman–Crippen MR) is 106 cm³/mol. The highest BCUT2D eigenvalue weighted by molar-refractivity contribution is 7.09. The Bertz CT molecular complexity index is 908. The summed E-state index contributed by atoms with van der Waals surface area (Å²) in [6.07, 6.45) is 1.64. The molecule has 2 aromatic carbocycles. The second kappa shape index (κ2) is 9.05. The van der Waals surface area contributed by atoms with Crippen LogP contribution in [0.4, 0.5) is 5.69 Å². The Morgan fingerprint density at radius 2 is 1.81 bits per heavy atom. The first-order valence-corrected chi connectivity index (χ1v) is 9.49. The Hall–Kier alpha value is -3.06. The van der Waals surface area contributed by atoms with E-state index in [0.29, 0.717) is 25.8 Å². The lowest BCUT2D eigenvalue weighted by Gasteiger charge is -2.04. The largest absolute Gasteiger partial charge is 0.356 e. The molecule has 3 rings (SSSR count). The number of nitro groups is 1. The van der Waals surface area contributed by atoms with Gasteiger partial charge in [0.05, 0.1) is 15.6 Å². The van der Waals surface area contributed by atoms with Crippen LogP contribution in [0.5, 0.6) is 0 Å². The van der Waals surface area contributed by atoms with Gasteiger partial charge in [0.25, 0.3) is 5.69 Å². The van der Waals surface area contributed by atoms with Crippen molar-refractivity contribution in [2.45, 2.75) is 19.3 Å². The van der Waals surface area contributed by atoms with Crippen LogP contribution in [-0.2, 0) is 17.6 Å². The Morgan fingerprint density at radius 3 is 2.52 bits per heavy atom. The van der Waals surface area contributed by atoms with Crippen molar-refractivity contribution in [2.75, 3.05) is 6.54 Å². The van der Waals surface area contributed by atoms with Gasteiger partial charge >= 0.3 is 0 Å². The smallest absolute Gasteiger partial charge is 0.269 e. The molecular formula is C20H19N3O3S. The van der Waals surface area contributed by atoms with Gasteiger partial charge in [-0.25, -0.2) is 4.98 Å². The van der Waals surface area contributed by atoms with Gasteiger partial charge in [0, 0.05) is 42.5 Å². The van der Waals surface area contributed by atoms with Gasteiger partial charge in [-0.1, -0.05) is 42.5 Å². The molecule has 1 aromatic heterocycles. The minimum atomic E-state index is -0.423. The summed E-state index contributed by atoms with van der Waals surface area (Å²) in [5.74, 6) is -0.0200. The average molecular weight is 381 g/mol. The highest BCUT2D eigenvalue weighted by Gasteiger charge is 2.08. The van der Waals surface area contributed by atoms with Gasteiger partial charge in [-0.3, -0.25) is 14.9 Å². The number of hydrogen-bond donors (Lipinski definition) is 1. The number of nitro benzene ring substituents is 1. The number of carbonyl (C=O) groups is 1. The molecule has 3 aromatic rings. The number of thiazole rings is 1. The van der Waals surface area contributed by atoms with Crippen LogP contribution in [0.25, 0.3) is 11.3 Å². The van der Waals surface area contributed by atoms with Crippen LogP contribution in [-0.4, -0.2) is 22.4 Å². The van der Waals surface area contributed by atoms with Gasteiger partial charge in [0.2, 0.25) is 5.91 Å². The van der Waals surface area contributed by atoms with Crippen molar-refractivity contribution in [1.29, 1.82) is 0 Å². The molecular weight excluding hydrogens is 362 g/mol. The van der Waals surface area contributed by atoms with E-state index in [4.69, 9.17) is 0 Å². The summed E-state index contributed by atoms with van der Waals surface area (Å²) < 4.78 is 0. The van der Waals surface area contributed by atoms with E-state index in [0.717, 1.165) is 21.8 Å². The Labute approximate surface area is 161 Å². The van der Waals surface area contributed by atoms with E-state index in [9.17, 15) is 14.9 Å². The van der Waals surface area contributed by atoms with Crippen LogP contribution in [0.1, 0.15) is 17.0 Å². The number of hydrogen-bond acceptors (Lipinski definition) is 5. The number of amides is 1. The molecule has 0 spiro atoms. The van der Waals surface area contributed by atoms with Crippen molar-refractivity contribution in [1.82, 2.24) is 10.3 Å². The third-order valence-electron chi connectivity index (χ3n) is 4.07. The molecule has 0 unspecified atom stereocenters. The standard InChI is InChI=1S/C20H19N3O3S/c24-19(21-13-12-15-6-8-17(9-7-15)23(25)26)10-11-20-22-18(14-27-20)16-4-2-1-3-5-16/h1-9,14H,10-13H2,(H,21,24). The number of carbonyl (C=O) groups excluding carboxylic acids is 1. The molecule has 0 bridgehead atoms. The number of aromatic nitrogens is 1. The first kappa shape index (κ1) is 18.7. The molecule has 6 nitrogen and oxygen atoms in total. The van der Waals surface area contributed by atoms with Crippen LogP contribution in [0.15, 0.2) is 60.0 Å². The normalized spacial score (nSPS) is 10.5. The van der Waals surface area contributed by atoms with E-state index in [2.05, 4.69) is 10.3 Å². The number of benzene rings is 2. The summed E-state index contributed by atoms with van der Waals surface area (Å²) in [7, 11) is 0. The van der Waals surface area contributed by atoms with Crippen molar-refractivity contribution >= 4 is 22.9 Å². The highest BCUT2D eigenvalue weighted by atomic mass is 32.1. The monoisotopic (exact) mass is 381 g/mol. The second-order valence-corrected chi connectivity index (χ2v) is 6.96. The molecule has 0 aliphatic carbocycles. The van der Waals surface area contributed by atoms with E-state index < -0.39 is 4.92 Å². The molecule has 0 radical (unpaired) electrons. The summed E-state index contributed by atoms with van der Waals surface area (Å²) in [4.78, 5) is 26.8. The van der Waals surface area contributed by atoms with Crippen LogP contribution >= 0.6 is 11.3 Å². The molecule has 0 atom stereocenters. The third-order valence-corrected chi connectivity index (χ3v) is 4.98. The molecule has 0 saturated carbocycles. The maximum Gasteiger partial charge on any atom is 0.269 e. The van der Waals surface area contributed by atoms with Crippen LogP contribution in [0.3, 0.4) is 0 Å². The maximum atomic E-state index is 12.0. The second-order valence-electron chi connectivity index (χ2n) is 6.02. The summed E-state index contributed by atoms with van der Waals surface area (Å²) >= 11 is 1.56. The van der Waals surface area contributed by atoms with Gasteiger partial charge in [-0.05, 0) is 12.0 Å². The number of aryl methyl sites for hydroxylation is 1. The van der Waals surface area contributed by atoms with E-state index in [1.54, 1.807) is 23.5 Å². The molecule has 1 heterocycles. The zero-order valence-electron chi connectivity index (χ0n) is 14.6. The highest BCUT2D eigenvalue weighted by Crippen LogP contribution is 2.22. The summed E-state index contributed by atoms with van der Waals surface area (Å²) in [5, 5.41) is 16.5. The van der Waals surface area contributed by atoms with Crippen molar-refractivity contribution in [3.63, 3.8) is 0 Å². The zero-order valence-corrected chi connectivity index (χ0v) is 15.4. The van der Waals surface area contributed by atoms with E-state index >= 15 is 0 Å². The predicted octanol–water partition coefficient (Wildman–Crippen LogP) is 4.01. The minimum absolute atomic E-state index is 0.0200. The van der Waals surface area contributed by atoms with Gasteiger partial charge < -0.3 is 5.32 Å². The Balaban J connectivity index is 1.41. The van der Waals surface area contributed by atoms with Gasteiger partial charge in [0.15, 0.2) is 0 Å². The molecule has 1 amide bonds. The lowest BCUT2D eigenvalue weighted by atomic mass is 10.1. The number of nitrogens with one attached hydrogen (secondary N) is 1. The fourth-order valence-electron chi connectivity index (χ4n) is 2.61. The Kier molecular flexibility index (Phi) is 6.27. The summed E-state index contributed by atoms with van der Waals surface area (Å²) in [5.41, 5.74) is 3.04. The van der Waals surface area contributed by atoms with E-state index in [1.807, 2.05) is 35.7 Å². The molecule has 0 aliphatic heterocycles. The lowest BCUT2D eigenvalue weighted by molar-refractivity contribution is -0.384. The summed E-state index contributed by atoms with van der Waals surface area (Å²) in [6.45, 7) is 0.504. The number of nitrogens with zero attached hydrogens (tertiary/aromatic N) is 2. The van der Waals surface area contributed by atoms with Crippen molar-refractivity contribution in [3.8, 4) is 11.3 Å². The van der Waals surface area contributed by atoms with Gasteiger partial charge in [-0.2, -0.15) is 0 Å². The quantitative estimate of drug-likeness (QED) is 0.472. The van der Waals surface area contributed by atoms with Crippen molar-refractivity contribution < 1.29 is 9.72 Å². The molecule has 0 saturated heterocycles. The first-order valence-electron chi connectivity index (χ1n) is 8.61. The first-order chi connectivity index (χ1) is 13.1. The van der Waals surface area contributed by atoms with Gasteiger partial charge in [-0.15, -0.1) is 11.3 Å². The van der Waals surface area contributed by atoms with Gasteiger partial charge in [0.1, 0.15) is 0 Å². The van der Waals surface area contributed by atoms with Crippen LogP contribution in [0.2, 0.25) is 0 Å². The molecule has 1 N–H and O–H groups in total. The third kappa shape index (κ3) is 5.46. The van der Waals surface area contributed by atoms with E-state index in [-0.39, 0.29) is 11.6 Å². The van der Waals surface area contributed by atoms with Crippen molar-refractivity contribution in [3.05, 3.63) is 80.7 Å². The molecule has 0 aliphatic rings. The topological polar surface area (TPSA) is 85.1 Å². The zero-order chi connectivity index (χ0) is 19.1. The Morgan fingerprint density at radius 1 is 1.07 bits per heavy atom. The fourth-order valence-corrected chi connectivity index (χ4v) is 3.41. The fraction of sp³-hybridized carbons (Fsp3) is 0.200. The number of rotatable bonds is 8. The molecule has 138 valence electrons. The minimum Gasteiger partial charge on any atom is -0.356 e. The van der Waals surface area contributed by atoms with Crippen molar-refractivity contribution in [2.24, 2.45) is 0 Å². The van der Waals surface area contributed by atoms with Crippen LogP contribution in [0, 0.1) is 10.1 Å². The summed E-state index contributed by atoms with van der Waals surface area (Å²) in [6, 6.07) is 16.3. The molecule has 7 heteroatoms. The average Bonchev–Trinajstić information content (AvgIpc) is 3.16. The number of non-ortho nitro benzene ring substituents is 1. The maximum absolute atomic E-state index is 12.0. The molecule has 0 fully saturated rings. The van der Waals surface area contributed by atoms with Crippen LogP contribution < -0.4 is 5.32 Å². The molecule has 27 heavy (non-hydrogen) atoms.